The molecule has 6 saturated heterocycles. The summed E-state index contributed by atoms with van der Waals surface area (Å²) >= 11 is 0. The van der Waals surface area contributed by atoms with Crippen LogP contribution < -0.4 is 66.3 Å². The van der Waals surface area contributed by atoms with Crippen molar-refractivity contribution in [1.29, 1.82) is 0 Å². The predicted octanol–water partition coefficient (Wildman–Crippen LogP) is 11.0. The molecule has 6 aromatic rings. The highest BCUT2D eigenvalue weighted by Crippen LogP contribution is 2.44. The maximum atomic E-state index is 12.8. The number of unbranched alkanes of at least 4 members (excludes halogenated alkanes) is 2. The van der Waals surface area contributed by atoms with Crippen LogP contribution in [0.1, 0.15) is 307 Å². The molecule has 0 radical (unpaired) electrons. The molecule has 6 fully saturated rings. The smallest absolute Gasteiger partial charge is 0.402 e. The lowest BCUT2D eigenvalue weighted by molar-refractivity contribution is -0.123. The quantitative estimate of drug-likeness (QED) is 0.0126. The summed E-state index contributed by atoms with van der Waals surface area (Å²) < 4.78 is 71.3. The van der Waals surface area contributed by atoms with Gasteiger partial charge in [-0.1, -0.05) is 148 Å². The third kappa shape index (κ3) is 35.7. The van der Waals surface area contributed by atoms with Gasteiger partial charge in [0.25, 0.3) is 17.7 Å². The summed E-state index contributed by atoms with van der Waals surface area (Å²) in [5.41, 5.74) is 30.2. The summed E-state index contributed by atoms with van der Waals surface area (Å²) in [6, 6.07) is 49.2. The van der Waals surface area contributed by atoms with Gasteiger partial charge in [-0.2, -0.15) is 0 Å². The summed E-state index contributed by atoms with van der Waals surface area (Å²) in [7, 11) is -4.31. The Morgan fingerprint density at radius 2 is 0.476 bits per heavy atom. The zero-order valence-electron chi connectivity index (χ0n) is 90.8. The van der Waals surface area contributed by atoms with Gasteiger partial charge in [-0.05, 0) is 256 Å². The number of carbonyl (C=O) groups is 12. The SMILES string of the molecule is CC1(C)OB([C@@H](CC(N)=O)NC(=O)CCCc2ccccc2)OC1(C)C.CC1(C)OB([C@@H](CC(N)=O)NC(=O)c2ccc(-c3ccccc3)cc2)OC1(C)C.CC1(C)OB([C@@H](CC(N)=O)NC(=O)c2ccc3ccccc3c2)OC1(C)C.CC1(C)OB([C@@H](CC(N)=O)NC(=O)c2ccccc2)OC1(C)C.CCCC(=O)N[C@H](CC(N)=O)B1OC(C)(C)C(C)(C)O1.CCCCCC(=O)N[C@H](CC(N)=O)B1OC(C)(C)C(C)(C)O1. The van der Waals surface area contributed by atoms with Crippen molar-refractivity contribution in [3.8, 4) is 11.1 Å². The molecule has 12 rings (SSSR count). The molecule has 0 aliphatic carbocycles. The Balaban J connectivity index is 0.000000240. The van der Waals surface area contributed by atoms with E-state index in [2.05, 4.69) is 38.8 Å². The number of benzene rings is 6. The van der Waals surface area contributed by atoms with E-state index in [1.54, 1.807) is 42.5 Å². The van der Waals surface area contributed by atoms with E-state index in [-0.39, 0.29) is 74.0 Å². The minimum Gasteiger partial charge on any atom is -0.402 e. The first kappa shape index (κ1) is 123. The first-order chi connectivity index (χ1) is 68.1. The summed E-state index contributed by atoms with van der Waals surface area (Å²) in [6.45, 7) is 50.1. The molecule has 0 unspecified atom stereocenters. The lowest BCUT2D eigenvalue weighted by Gasteiger charge is -2.32. The van der Waals surface area contributed by atoms with Gasteiger partial charge in [0.1, 0.15) is 0 Å². The summed E-state index contributed by atoms with van der Waals surface area (Å²) in [6.07, 6.45) is 6.11. The predicted molar refractivity (Wildman–Crippen MR) is 570 cm³/mol. The molecule has 6 aromatic carbocycles. The molecule has 0 aromatic heterocycles. The van der Waals surface area contributed by atoms with Crippen molar-refractivity contribution in [2.45, 2.75) is 379 Å². The fourth-order valence-corrected chi connectivity index (χ4v) is 15.7. The summed E-state index contributed by atoms with van der Waals surface area (Å²) in [5, 5.41) is 19.0. The zero-order valence-corrected chi connectivity index (χ0v) is 90.8. The first-order valence-electron chi connectivity index (χ1n) is 50.5. The molecule has 18 N–H and O–H groups in total. The van der Waals surface area contributed by atoms with Crippen molar-refractivity contribution in [1.82, 2.24) is 31.9 Å². The fourth-order valence-electron chi connectivity index (χ4n) is 15.7. The van der Waals surface area contributed by atoms with Crippen LogP contribution in [0, 0.1) is 0 Å². The van der Waals surface area contributed by atoms with Crippen LogP contribution in [0.25, 0.3) is 21.9 Å². The van der Waals surface area contributed by atoms with E-state index < -0.39 is 181 Å². The molecule has 36 nitrogen and oxygen atoms in total. The van der Waals surface area contributed by atoms with Crippen LogP contribution in [0.5, 0.6) is 0 Å². The highest BCUT2D eigenvalue weighted by molar-refractivity contribution is 6.51. The lowest BCUT2D eigenvalue weighted by atomic mass is 9.76. The van der Waals surface area contributed by atoms with E-state index in [1.165, 1.54) is 5.56 Å². The van der Waals surface area contributed by atoms with Gasteiger partial charge in [-0.15, -0.1) is 0 Å². The van der Waals surface area contributed by atoms with Gasteiger partial charge in [-0.3, -0.25) is 57.5 Å². The standard InChI is InChI=1S/C22H27BN2O4.C20H25BN2O4.C19H29BN2O4.C16H23BN2O4.C15H29BN2O4.C13H25BN2O4/c1-21(2)22(3,4)29-23(28-21)18(14-19(24)26)25-20(27)17-12-10-16(11-13-17)15-8-6-5-7-9-15;1-19(2)20(3,4)27-21(26-19)16(12-17(22)24)23-18(25)15-10-9-13-7-5-6-8-14(13)11-15;1-18(2)19(3,4)26-20(25-18)15(13-16(21)23)22-17(24)12-8-11-14-9-6-5-7-10-14;1-15(2)16(3,4)23-17(22-15)12(10-13(18)20)19-14(21)11-8-6-5-7-9-11;1-6-7-8-9-13(20)18-11(10-12(17)19)16-21-14(2,3)15(4,5)22-16;1-6-7-11(18)16-9(8-10(15)17)14-19-12(2,3)13(4,5)20-14/h5-13,18H,14H2,1-4H3,(H2,24,26)(H,25,27);5-11,16H,12H2,1-4H3,(H2,22,24)(H,23,25);5-7,9-10,15H,8,11-13H2,1-4H3,(H2,21,23)(H,22,24);5-9,12H,10H2,1-4H3,(H2,18,20)(H,19,21);11H,6-10H2,1-5H3,(H2,17,19)(H,18,20);9H,6-8H2,1-5H3,(H2,15,17)(H,16,18)/t18-;16-;15-;12-;11-;9-/m111111/s1. The number of rotatable bonds is 38. The van der Waals surface area contributed by atoms with Crippen molar-refractivity contribution >= 4 is 124 Å². The Morgan fingerprint density at radius 1 is 0.245 bits per heavy atom. The number of fused-ring (bicyclic) bond motifs is 1. The number of primary amides is 6. The largest absolute Gasteiger partial charge is 0.482 e. The molecule has 0 saturated carbocycles. The molecule has 6 aliphatic heterocycles. The average molecular weight is 2040 g/mol. The second kappa shape index (κ2) is 52.0. The Morgan fingerprint density at radius 3 is 0.762 bits per heavy atom. The van der Waals surface area contributed by atoms with Gasteiger partial charge in [0.05, 0.1) is 103 Å². The van der Waals surface area contributed by atoms with Crippen molar-refractivity contribution in [2.75, 3.05) is 0 Å². The third-order valence-electron chi connectivity index (χ3n) is 28.6. The van der Waals surface area contributed by atoms with Gasteiger partial charge < -0.3 is 122 Å². The Hall–Kier alpha value is -10.9. The van der Waals surface area contributed by atoms with E-state index in [9.17, 15) is 57.5 Å². The van der Waals surface area contributed by atoms with E-state index in [1.807, 2.05) is 288 Å². The summed E-state index contributed by atoms with van der Waals surface area (Å²) in [4.78, 5) is 142. The van der Waals surface area contributed by atoms with Crippen LogP contribution >= 0.6 is 0 Å². The average Bonchev–Trinajstić information content (AvgIpc) is 1.62. The first-order valence-corrected chi connectivity index (χ1v) is 50.5. The van der Waals surface area contributed by atoms with Crippen molar-refractivity contribution in [2.24, 2.45) is 34.4 Å². The monoisotopic (exact) mass is 2040 g/mol. The van der Waals surface area contributed by atoms with Gasteiger partial charge in [0.2, 0.25) is 53.2 Å². The van der Waals surface area contributed by atoms with Crippen LogP contribution in [0.4, 0.5) is 0 Å². The lowest BCUT2D eigenvalue weighted by Crippen LogP contribution is -2.50. The topological polar surface area (TPSA) is 544 Å². The van der Waals surface area contributed by atoms with Crippen molar-refractivity contribution in [3.05, 3.63) is 180 Å². The molecule has 0 bridgehead atoms. The maximum Gasteiger partial charge on any atom is 0.482 e. The van der Waals surface area contributed by atoms with Gasteiger partial charge >= 0.3 is 42.7 Å². The highest BCUT2D eigenvalue weighted by atomic mass is 16.7. The van der Waals surface area contributed by atoms with Crippen molar-refractivity contribution in [3.63, 3.8) is 0 Å². The zero-order chi connectivity index (χ0) is 110. The molecule has 6 aliphatic rings. The number of aryl methyl sites for hydroxylation is 1. The molecule has 42 heteroatoms. The number of nitrogens with two attached hydrogens (primary N) is 6. The Kier molecular flexibility index (Phi) is 43.6. The van der Waals surface area contributed by atoms with Crippen molar-refractivity contribution < 1.29 is 113 Å². The van der Waals surface area contributed by atoms with Gasteiger partial charge in [0, 0.05) is 74.5 Å². The van der Waals surface area contributed by atoms with E-state index in [4.69, 9.17) is 90.3 Å². The number of nitrogens with one attached hydrogen (secondary N) is 6. The number of hydrogen-bond acceptors (Lipinski definition) is 24. The Labute approximate surface area is 869 Å². The van der Waals surface area contributed by atoms with Crippen LogP contribution in [0.2, 0.25) is 0 Å². The van der Waals surface area contributed by atoms with Crippen LogP contribution in [0.15, 0.2) is 158 Å². The third-order valence-corrected chi connectivity index (χ3v) is 28.6. The highest BCUT2D eigenvalue weighted by Gasteiger charge is 2.61. The van der Waals surface area contributed by atoms with E-state index in [0.29, 0.717) is 36.0 Å². The molecule has 800 valence electrons. The number of amides is 12. The number of hydrogen-bond donors (Lipinski definition) is 12. The minimum absolute atomic E-state index is 0.00363. The minimum atomic E-state index is -0.764. The molecule has 147 heavy (non-hydrogen) atoms. The van der Waals surface area contributed by atoms with Crippen LogP contribution in [-0.2, 0) is 105 Å². The molecular formula is C105H158B6N12O24. The molecule has 6 heterocycles. The normalized spacial score (nSPS) is 19.7. The molecular weight excluding hydrogens is 1880 g/mol. The second-order valence-electron chi connectivity index (χ2n) is 44.0. The molecule has 0 spiro atoms. The Bertz CT molecular complexity index is 5360. The van der Waals surface area contributed by atoms with Gasteiger partial charge in [-0.25, -0.2) is 0 Å². The second-order valence-corrected chi connectivity index (χ2v) is 44.0. The fraction of sp³-hybridized carbons (Fsp3) is 0.562. The van der Waals surface area contributed by atoms with Gasteiger partial charge in [0.15, 0.2) is 0 Å². The molecule has 6 atom stereocenters. The van der Waals surface area contributed by atoms with Crippen LogP contribution in [0.3, 0.4) is 0 Å². The molecule has 12 amide bonds. The number of carbonyl (C=O) groups excluding carboxylic acids is 12. The summed E-state index contributed by atoms with van der Waals surface area (Å²) in [5.74, 6) is -8.12. The van der Waals surface area contributed by atoms with E-state index in [0.717, 1.165) is 60.4 Å². The van der Waals surface area contributed by atoms with E-state index >= 15 is 0 Å². The van der Waals surface area contributed by atoms with Crippen LogP contribution in [-0.4, -0.2) is 216 Å². The maximum absolute atomic E-state index is 12.8.